The van der Waals surface area contributed by atoms with Crippen molar-refractivity contribution in [3.05, 3.63) is 39.9 Å². The normalized spacial score (nSPS) is 15.6. The fourth-order valence-corrected chi connectivity index (χ4v) is 2.43. The molecule has 0 spiro atoms. The van der Waals surface area contributed by atoms with Crippen LogP contribution in [0.2, 0.25) is 0 Å². The highest BCUT2D eigenvalue weighted by molar-refractivity contribution is 7.84. The van der Waals surface area contributed by atoms with Crippen molar-refractivity contribution in [2.75, 3.05) is 12.8 Å². The van der Waals surface area contributed by atoms with Gasteiger partial charge in [0.1, 0.15) is 0 Å². The third-order valence-corrected chi connectivity index (χ3v) is 4.77. The highest BCUT2D eigenvalue weighted by Crippen LogP contribution is 2.21. The average molecular weight is 298 g/mol. The van der Waals surface area contributed by atoms with Gasteiger partial charge in [0, 0.05) is 40.5 Å². The number of nitro benzene ring substituents is 1. The van der Waals surface area contributed by atoms with E-state index < -0.39 is 10.8 Å². The topological polar surface area (TPSA) is 72.2 Å². The lowest BCUT2D eigenvalue weighted by Gasteiger charge is -2.18. The fourth-order valence-electron chi connectivity index (χ4n) is 1.98. The number of rotatable bonds is 8. The third-order valence-electron chi connectivity index (χ3n) is 3.40. The Morgan fingerprint density at radius 1 is 1.45 bits per heavy atom. The van der Waals surface area contributed by atoms with Gasteiger partial charge in [0.25, 0.3) is 5.69 Å². The zero-order valence-corrected chi connectivity index (χ0v) is 13.0. The Morgan fingerprint density at radius 3 is 2.70 bits per heavy atom. The monoisotopic (exact) mass is 298 g/mol. The smallest absolute Gasteiger partial charge is 0.269 e. The summed E-state index contributed by atoms with van der Waals surface area (Å²) in [6.07, 6.45) is 3.39. The number of nitro groups is 1. The summed E-state index contributed by atoms with van der Waals surface area (Å²) in [7, 11) is -0.811. The van der Waals surface area contributed by atoms with Crippen LogP contribution in [0.3, 0.4) is 0 Å². The van der Waals surface area contributed by atoms with Gasteiger partial charge in [0.2, 0.25) is 0 Å². The molecule has 0 saturated heterocycles. The Hall–Kier alpha value is -1.27. The molecule has 0 saturated carbocycles. The zero-order valence-electron chi connectivity index (χ0n) is 12.2. The fraction of sp³-hybridized carbons (Fsp3) is 0.571. The second-order valence-corrected chi connectivity index (χ2v) is 6.67. The standard InChI is InChI=1S/C14H22N2O3S/c1-4-14(15-9-8-11(2)20(3)19)12-6-5-7-13(10-12)16(17)18/h5-7,10-11,14-15H,4,8-9H2,1-3H3. The first-order valence-corrected chi connectivity index (χ1v) is 8.37. The first-order chi connectivity index (χ1) is 9.45. The Kier molecular flexibility index (Phi) is 6.81. The van der Waals surface area contributed by atoms with Crippen LogP contribution in [0.1, 0.15) is 38.3 Å². The minimum absolute atomic E-state index is 0.0902. The van der Waals surface area contributed by atoms with Gasteiger partial charge >= 0.3 is 0 Å². The van der Waals surface area contributed by atoms with Crippen molar-refractivity contribution in [2.45, 2.75) is 38.0 Å². The SMILES string of the molecule is CCC(NCCC(C)S(C)=O)c1cccc([N+](=O)[O-])c1. The Labute approximate surface area is 122 Å². The van der Waals surface area contributed by atoms with Gasteiger partial charge in [-0.3, -0.25) is 14.3 Å². The van der Waals surface area contributed by atoms with Gasteiger partial charge in [0.15, 0.2) is 0 Å². The van der Waals surface area contributed by atoms with Gasteiger partial charge in [-0.05, 0) is 24.9 Å². The highest BCUT2D eigenvalue weighted by Gasteiger charge is 2.13. The van der Waals surface area contributed by atoms with Gasteiger partial charge < -0.3 is 5.32 Å². The molecule has 1 aromatic rings. The number of nitrogens with one attached hydrogen (secondary N) is 1. The summed E-state index contributed by atoms with van der Waals surface area (Å²) < 4.78 is 11.3. The molecule has 0 fully saturated rings. The molecular weight excluding hydrogens is 276 g/mol. The summed E-state index contributed by atoms with van der Waals surface area (Å²) in [4.78, 5) is 10.4. The van der Waals surface area contributed by atoms with E-state index in [-0.39, 0.29) is 21.9 Å². The maximum Gasteiger partial charge on any atom is 0.269 e. The lowest BCUT2D eigenvalue weighted by atomic mass is 10.0. The Morgan fingerprint density at radius 2 is 2.15 bits per heavy atom. The van der Waals surface area contributed by atoms with E-state index in [2.05, 4.69) is 5.32 Å². The molecule has 20 heavy (non-hydrogen) atoms. The largest absolute Gasteiger partial charge is 0.310 e. The molecule has 112 valence electrons. The van der Waals surface area contributed by atoms with Gasteiger partial charge in [-0.2, -0.15) is 0 Å². The van der Waals surface area contributed by atoms with E-state index in [1.807, 2.05) is 19.9 Å². The molecule has 3 atom stereocenters. The molecule has 0 aliphatic carbocycles. The summed E-state index contributed by atoms with van der Waals surface area (Å²) in [6, 6.07) is 6.81. The van der Waals surface area contributed by atoms with Crippen LogP contribution >= 0.6 is 0 Å². The van der Waals surface area contributed by atoms with E-state index in [1.54, 1.807) is 18.4 Å². The molecule has 6 heteroatoms. The molecule has 0 aliphatic rings. The second-order valence-electron chi connectivity index (χ2n) is 4.86. The van der Waals surface area contributed by atoms with Gasteiger partial charge in [-0.1, -0.05) is 26.0 Å². The Bertz CT molecular complexity index is 479. The van der Waals surface area contributed by atoms with E-state index in [9.17, 15) is 14.3 Å². The van der Waals surface area contributed by atoms with Crippen molar-refractivity contribution >= 4 is 16.5 Å². The van der Waals surface area contributed by atoms with Crippen LogP contribution < -0.4 is 5.32 Å². The number of non-ortho nitro benzene ring substituents is 1. The van der Waals surface area contributed by atoms with Gasteiger partial charge in [-0.15, -0.1) is 0 Å². The minimum Gasteiger partial charge on any atom is -0.310 e. The van der Waals surface area contributed by atoms with Crippen molar-refractivity contribution < 1.29 is 9.13 Å². The number of nitrogens with zero attached hydrogens (tertiary/aromatic N) is 1. The van der Waals surface area contributed by atoms with Crippen LogP contribution in [-0.2, 0) is 10.8 Å². The number of hydrogen-bond donors (Lipinski definition) is 1. The van der Waals surface area contributed by atoms with E-state index in [0.717, 1.165) is 24.9 Å². The van der Waals surface area contributed by atoms with E-state index >= 15 is 0 Å². The molecule has 0 aliphatic heterocycles. The summed E-state index contributed by atoms with van der Waals surface area (Å²) in [6.45, 7) is 4.76. The predicted molar refractivity (Wildman–Crippen MR) is 82.3 cm³/mol. The van der Waals surface area contributed by atoms with Crippen molar-refractivity contribution in [3.63, 3.8) is 0 Å². The lowest BCUT2D eigenvalue weighted by Crippen LogP contribution is -2.25. The molecule has 0 amide bonds. The summed E-state index contributed by atoms with van der Waals surface area (Å²) in [5.74, 6) is 0. The van der Waals surface area contributed by atoms with Crippen molar-refractivity contribution in [2.24, 2.45) is 0 Å². The molecular formula is C14H22N2O3S. The molecule has 3 unspecified atom stereocenters. The molecule has 0 heterocycles. The summed E-state index contributed by atoms with van der Waals surface area (Å²) in [5.41, 5.74) is 1.04. The average Bonchev–Trinajstić information content (AvgIpc) is 2.43. The first kappa shape index (κ1) is 16.8. The molecule has 5 nitrogen and oxygen atoms in total. The van der Waals surface area contributed by atoms with Crippen LogP contribution in [0.4, 0.5) is 5.69 Å². The Balaban J connectivity index is 2.64. The molecule has 0 aromatic heterocycles. The van der Waals surface area contributed by atoms with Crippen LogP contribution in [0.5, 0.6) is 0 Å². The van der Waals surface area contributed by atoms with Gasteiger partial charge in [0.05, 0.1) is 4.92 Å². The van der Waals surface area contributed by atoms with Gasteiger partial charge in [-0.25, -0.2) is 0 Å². The van der Waals surface area contributed by atoms with E-state index in [4.69, 9.17) is 0 Å². The zero-order chi connectivity index (χ0) is 15.1. The molecule has 0 bridgehead atoms. The van der Waals surface area contributed by atoms with Crippen molar-refractivity contribution in [1.82, 2.24) is 5.32 Å². The highest BCUT2D eigenvalue weighted by atomic mass is 32.2. The molecule has 1 aromatic carbocycles. The molecule has 0 radical (unpaired) electrons. The number of benzene rings is 1. The van der Waals surface area contributed by atoms with Crippen molar-refractivity contribution in [1.29, 1.82) is 0 Å². The summed E-state index contributed by atoms with van der Waals surface area (Å²) in [5, 5.41) is 14.3. The maximum atomic E-state index is 11.3. The molecule has 1 rings (SSSR count). The second kappa shape index (κ2) is 8.11. The van der Waals surface area contributed by atoms with Crippen molar-refractivity contribution in [3.8, 4) is 0 Å². The summed E-state index contributed by atoms with van der Waals surface area (Å²) >= 11 is 0. The molecule has 1 N–H and O–H groups in total. The minimum atomic E-state index is -0.811. The first-order valence-electron chi connectivity index (χ1n) is 6.75. The lowest BCUT2D eigenvalue weighted by molar-refractivity contribution is -0.384. The van der Waals surface area contributed by atoms with Crippen LogP contribution in [0.25, 0.3) is 0 Å². The maximum absolute atomic E-state index is 11.3. The van der Waals surface area contributed by atoms with E-state index in [1.165, 1.54) is 6.07 Å². The van der Waals surface area contributed by atoms with Crippen LogP contribution in [0, 0.1) is 10.1 Å². The van der Waals surface area contributed by atoms with Crippen LogP contribution in [0.15, 0.2) is 24.3 Å². The predicted octanol–water partition coefficient (Wildman–Crippen LogP) is 2.79. The number of hydrogen-bond acceptors (Lipinski definition) is 4. The van der Waals surface area contributed by atoms with Crippen LogP contribution in [-0.4, -0.2) is 27.2 Å². The third kappa shape index (κ3) is 5.02. The van der Waals surface area contributed by atoms with E-state index in [0.29, 0.717) is 0 Å². The quantitative estimate of drug-likeness (QED) is 0.591.